The van der Waals surface area contributed by atoms with E-state index in [1.165, 1.54) is 19.4 Å². The number of aromatic amines is 1. The first-order valence-electron chi connectivity index (χ1n) is 9.66. The topological polar surface area (TPSA) is 94.1 Å². The van der Waals surface area contributed by atoms with Crippen LogP contribution >= 0.6 is 37.2 Å². The molecule has 0 radical (unpaired) electrons. The van der Waals surface area contributed by atoms with E-state index < -0.39 is 0 Å². The summed E-state index contributed by atoms with van der Waals surface area (Å²) in [5.74, 6) is 1.50. The number of fused-ring (bicyclic) bond motifs is 1. The Morgan fingerprint density at radius 1 is 1.06 bits per heavy atom. The third-order valence-electron chi connectivity index (χ3n) is 6.00. The Hall–Kier alpha value is -2.13. The van der Waals surface area contributed by atoms with Crippen molar-refractivity contribution >= 4 is 43.2 Å². The van der Waals surface area contributed by atoms with Gasteiger partial charge < -0.3 is 14.9 Å². The standard InChI is InChI=1S/C20H23N7O.3ClH/c1-26-6-2-3-14-11-27(12-18(14)26)20-21-10-17(24-25-20)16-5-4-13(7-19(16)28)15-8-22-23-9-15;;;/h4-5,7-10,14,18,28H,2-3,6,11-12H2,1H3,(H,22,23);3*1H/t14-,18+;;;/m0.../s1. The van der Waals surface area contributed by atoms with Crippen molar-refractivity contribution in [1.29, 1.82) is 0 Å². The minimum Gasteiger partial charge on any atom is -0.507 e. The van der Waals surface area contributed by atoms with Gasteiger partial charge in [0.05, 0.1) is 12.4 Å². The van der Waals surface area contributed by atoms with Crippen LogP contribution in [-0.2, 0) is 0 Å². The van der Waals surface area contributed by atoms with Crippen LogP contribution in [0.15, 0.2) is 36.8 Å². The first-order chi connectivity index (χ1) is 13.7. The zero-order valence-corrected chi connectivity index (χ0v) is 19.5. The molecule has 0 amide bonds. The quantitative estimate of drug-likeness (QED) is 0.586. The number of phenols is 1. The first kappa shape index (κ1) is 25.1. The molecule has 0 saturated carbocycles. The molecule has 2 saturated heterocycles. The lowest BCUT2D eigenvalue weighted by molar-refractivity contribution is 0.158. The largest absolute Gasteiger partial charge is 0.507 e. The van der Waals surface area contributed by atoms with Crippen molar-refractivity contribution in [2.75, 3.05) is 31.6 Å². The number of phenolic OH excluding ortho intramolecular Hbond substituents is 1. The van der Waals surface area contributed by atoms with Crippen molar-refractivity contribution in [3.63, 3.8) is 0 Å². The number of rotatable bonds is 3. The van der Waals surface area contributed by atoms with Gasteiger partial charge in [0.1, 0.15) is 11.4 Å². The van der Waals surface area contributed by atoms with Gasteiger partial charge in [0.25, 0.3) is 0 Å². The average molecular weight is 487 g/mol. The van der Waals surface area contributed by atoms with Crippen LogP contribution in [0.25, 0.3) is 22.4 Å². The van der Waals surface area contributed by atoms with E-state index in [9.17, 15) is 5.11 Å². The molecule has 0 unspecified atom stereocenters. The molecule has 0 bridgehead atoms. The summed E-state index contributed by atoms with van der Waals surface area (Å²) in [6.45, 7) is 3.11. The van der Waals surface area contributed by atoms with Crippen molar-refractivity contribution in [2.24, 2.45) is 5.92 Å². The van der Waals surface area contributed by atoms with E-state index >= 15 is 0 Å². The minimum atomic E-state index is 0. The first-order valence-corrected chi connectivity index (χ1v) is 9.66. The average Bonchev–Trinajstić information content (AvgIpc) is 3.39. The van der Waals surface area contributed by atoms with Gasteiger partial charge in [0.2, 0.25) is 5.95 Å². The number of hydrogen-bond acceptors (Lipinski definition) is 7. The summed E-state index contributed by atoms with van der Waals surface area (Å²) in [4.78, 5) is 9.23. The number of benzene rings is 1. The van der Waals surface area contributed by atoms with Gasteiger partial charge in [-0.3, -0.25) is 5.10 Å². The molecule has 2 N–H and O–H groups in total. The third-order valence-corrected chi connectivity index (χ3v) is 6.00. The highest BCUT2D eigenvalue weighted by molar-refractivity contribution is 5.86. The lowest BCUT2D eigenvalue weighted by Gasteiger charge is -2.33. The fourth-order valence-corrected chi connectivity index (χ4v) is 4.44. The van der Waals surface area contributed by atoms with Gasteiger partial charge in [0.15, 0.2) is 0 Å². The summed E-state index contributed by atoms with van der Waals surface area (Å²) in [5.41, 5.74) is 2.99. The van der Waals surface area contributed by atoms with E-state index in [0.29, 0.717) is 29.2 Å². The number of anilines is 1. The van der Waals surface area contributed by atoms with Crippen LogP contribution in [0.4, 0.5) is 5.95 Å². The van der Waals surface area contributed by atoms with Crippen LogP contribution in [0.5, 0.6) is 5.75 Å². The lowest BCUT2D eigenvalue weighted by atomic mass is 9.93. The second-order valence-electron chi connectivity index (χ2n) is 7.72. The maximum atomic E-state index is 10.5. The smallest absolute Gasteiger partial charge is 0.245 e. The summed E-state index contributed by atoms with van der Waals surface area (Å²) in [5, 5.41) is 25.9. The van der Waals surface area contributed by atoms with E-state index in [0.717, 1.165) is 24.2 Å². The molecular formula is C20H26Cl3N7O. The van der Waals surface area contributed by atoms with E-state index in [2.05, 4.69) is 42.2 Å². The number of halogens is 3. The molecule has 2 aromatic heterocycles. The predicted molar refractivity (Wildman–Crippen MR) is 128 cm³/mol. The molecule has 0 spiro atoms. The summed E-state index contributed by atoms with van der Waals surface area (Å²) in [6, 6.07) is 6.05. The number of nitrogens with zero attached hydrogens (tertiary/aromatic N) is 6. The zero-order chi connectivity index (χ0) is 19.1. The predicted octanol–water partition coefficient (Wildman–Crippen LogP) is 3.43. The second kappa shape index (κ2) is 10.5. The zero-order valence-electron chi connectivity index (χ0n) is 17.0. The highest BCUT2D eigenvalue weighted by Gasteiger charge is 2.38. The molecule has 0 aliphatic carbocycles. The van der Waals surface area contributed by atoms with Gasteiger partial charge in [-0.2, -0.15) is 5.10 Å². The van der Waals surface area contributed by atoms with Gasteiger partial charge >= 0.3 is 0 Å². The fraction of sp³-hybridized carbons (Fsp3) is 0.400. The second-order valence-corrected chi connectivity index (χ2v) is 7.72. The van der Waals surface area contributed by atoms with Crippen molar-refractivity contribution in [2.45, 2.75) is 18.9 Å². The Morgan fingerprint density at radius 2 is 1.90 bits per heavy atom. The molecular weight excluding hydrogens is 461 g/mol. The van der Waals surface area contributed by atoms with Crippen LogP contribution in [-0.4, -0.2) is 68.1 Å². The van der Waals surface area contributed by atoms with Gasteiger partial charge in [0, 0.05) is 36.5 Å². The van der Waals surface area contributed by atoms with Crippen molar-refractivity contribution in [3.8, 4) is 28.1 Å². The maximum absolute atomic E-state index is 10.5. The normalized spacial score (nSPS) is 20.2. The summed E-state index contributed by atoms with van der Waals surface area (Å²) in [6.07, 6.45) is 7.73. The maximum Gasteiger partial charge on any atom is 0.245 e. The molecule has 1 aromatic carbocycles. The highest BCUT2D eigenvalue weighted by Crippen LogP contribution is 2.33. The van der Waals surface area contributed by atoms with Gasteiger partial charge in [-0.15, -0.1) is 47.4 Å². The summed E-state index contributed by atoms with van der Waals surface area (Å²) >= 11 is 0. The molecule has 2 fully saturated rings. The number of likely N-dealkylation sites (N-methyl/N-ethyl adjacent to an activating group) is 1. The Kier molecular flexibility index (Phi) is 8.48. The Morgan fingerprint density at radius 3 is 2.55 bits per heavy atom. The SMILES string of the molecule is CN1CCC[C@H]2CN(c3ncc(-c4ccc(-c5cn[nH]c5)cc4O)nn3)C[C@H]21.Cl.Cl.Cl. The highest BCUT2D eigenvalue weighted by atomic mass is 35.5. The van der Waals surface area contributed by atoms with E-state index in [4.69, 9.17) is 0 Å². The molecule has 2 aliphatic heterocycles. The Balaban J connectivity index is 0.00000114. The molecule has 3 aromatic rings. The molecule has 2 atom stereocenters. The summed E-state index contributed by atoms with van der Waals surface area (Å²) < 4.78 is 0. The van der Waals surface area contributed by atoms with Crippen LogP contribution < -0.4 is 4.90 Å². The van der Waals surface area contributed by atoms with Crippen molar-refractivity contribution in [3.05, 3.63) is 36.8 Å². The number of likely N-dealkylation sites (tertiary alicyclic amines) is 1. The van der Waals surface area contributed by atoms with Gasteiger partial charge in [-0.1, -0.05) is 6.07 Å². The van der Waals surface area contributed by atoms with Crippen LogP contribution in [0.1, 0.15) is 12.8 Å². The molecule has 4 heterocycles. The van der Waals surface area contributed by atoms with E-state index in [1.807, 2.05) is 12.1 Å². The number of hydrogen-bond donors (Lipinski definition) is 2. The molecule has 168 valence electrons. The Labute approximate surface area is 199 Å². The van der Waals surface area contributed by atoms with Gasteiger partial charge in [-0.25, -0.2) is 4.98 Å². The van der Waals surface area contributed by atoms with E-state index in [1.54, 1.807) is 24.7 Å². The van der Waals surface area contributed by atoms with Crippen LogP contribution in [0.2, 0.25) is 0 Å². The minimum absolute atomic E-state index is 0. The number of H-pyrrole nitrogens is 1. The third kappa shape index (κ3) is 4.87. The number of nitrogens with one attached hydrogen (secondary N) is 1. The monoisotopic (exact) mass is 485 g/mol. The number of piperidine rings is 1. The van der Waals surface area contributed by atoms with Crippen LogP contribution in [0.3, 0.4) is 0 Å². The van der Waals surface area contributed by atoms with Crippen molar-refractivity contribution < 1.29 is 5.11 Å². The number of aromatic hydroxyl groups is 1. The van der Waals surface area contributed by atoms with Crippen LogP contribution in [0, 0.1) is 5.92 Å². The Bertz CT molecular complexity index is 971. The lowest BCUT2D eigenvalue weighted by Crippen LogP contribution is -2.42. The van der Waals surface area contributed by atoms with Crippen molar-refractivity contribution in [1.82, 2.24) is 30.3 Å². The van der Waals surface area contributed by atoms with Gasteiger partial charge in [-0.05, 0) is 50.0 Å². The summed E-state index contributed by atoms with van der Waals surface area (Å²) in [7, 11) is 2.21. The molecule has 2 aliphatic rings. The number of aromatic nitrogens is 5. The van der Waals surface area contributed by atoms with E-state index in [-0.39, 0.29) is 43.0 Å². The molecule has 5 rings (SSSR count). The fourth-order valence-electron chi connectivity index (χ4n) is 4.44. The molecule has 11 heteroatoms. The molecule has 8 nitrogen and oxygen atoms in total. The molecule has 31 heavy (non-hydrogen) atoms.